The third kappa shape index (κ3) is 5.40. The van der Waals surface area contributed by atoms with Gasteiger partial charge in [0.1, 0.15) is 5.76 Å². The lowest BCUT2D eigenvalue weighted by Crippen LogP contribution is -2.33. The average molecular weight is 321 g/mol. The van der Waals surface area contributed by atoms with E-state index in [9.17, 15) is 0 Å². The van der Waals surface area contributed by atoms with Crippen LogP contribution in [-0.4, -0.2) is 29.4 Å². The van der Waals surface area contributed by atoms with E-state index in [1.165, 1.54) is 12.0 Å². The molecule has 2 N–H and O–H groups in total. The van der Waals surface area contributed by atoms with Gasteiger partial charge in [0.05, 0.1) is 5.69 Å². The van der Waals surface area contributed by atoms with Crippen molar-refractivity contribution in [2.45, 2.75) is 12.2 Å². The van der Waals surface area contributed by atoms with Crippen molar-refractivity contribution >= 4 is 29.1 Å². The lowest BCUT2D eigenvalue weighted by Gasteiger charge is -2.06. The zero-order valence-corrected chi connectivity index (χ0v) is 13.6. The van der Waals surface area contributed by atoms with Gasteiger partial charge in [-0.2, -0.15) is 11.8 Å². The highest BCUT2D eigenvalue weighted by molar-refractivity contribution is 7.98. The van der Waals surface area contributed by atoms with E-state index in [2.05, 4.69) is 27.8 Å². The van der Waals surface area contributed by atoms with E-state index in [4.69, 9.17) is 16.6 Å². The molecule has 0 saturated carbocycles. The van der Waals surface area contributed by atoms with Gasteiger partial charge in [-0.15, -0.1) is 0 Å². The largest absolute Gasteiger partial charge is 0.448 e. The van der Waals surface area contributed by atoms with Gasteiger partial charge in [-0.05, 0) is 17.8 Å². The second-order valence-corrected chi connectivity index (χ2v) is 5.96. The lowest BCUT2D eigenvalue weighted by atomic mass is 10.1. The van der Waals surface area contributed by atoms with Crippen LogP contribution in [0.3, 0.4) is 0 Å². The molecule has 112 valence electrons. The summed E-state index contributed by atoms with van der Waals surface area (Å²) in [6.45, 7) is 0.843. The molecule has 0 aliphatic carbocycles. The third-order valence-corrected chi connectivity index (χ3v) is 4.25. The molecular formula is C15H19N3OS2. The van der Waals surface area contributed by atoms with Crippen LogP contribution in [0.25, 0.3) is 0 Å². The van der Waals surface area contributed by atoms with Gasteiger partial charge in [0.2, 0.25) is 0 Å². The van der Waals surface area contributed by atoms with Crippen LogP contribution in [0.1, 0.15) is 17.0 Å². The summed E-state index contributed by atoms with van der Waals surface area (Å²) in [5.41, 5.74) is 2.27. The van der Waals surface area contributed by atoms with Gasteiger partial charge in [-0.25, -0.2) is 4.98 Å². The Balaban J connectivity index is 1.77. The minimum atomic E-state index is 0.682. The molecule has 0 aliphatic heterocycles. The number of thiocarbonyl (C=S) groups is 1. The Kier molecular flexibility index (Phi) is 6.56. The van der Waals surface area contributed by atoms with Crippen LogP contribution in [0.15, 0.2) is 41.1 Å². The fourth-order valence-electron chi connectivity index (χ4n) is 1.83. The van der Waals surface area contributed by atoms with Crippen molar-refractivity contribution in [3.05, 3.63) is 53.7 Å². The summed E-state index contributed by atoms with van der Waals surface area (Å²) in [5.74, 6) is 2.78. The van der Waals surface area contributed by atoms with Crippen LogP contribution in [0.4, 0.5) is 0 Å². The van der Waals surface area contributed by atoms with Crippen LogP contribution in [0.2, 0.25) is 0 Å². The SMILES string of the molecule is CNC(=S)NCCSCc1ncoc1Cc1ccccc1. The highest BCUT2D eigenvalue weighted by atomic mass is 32.2. The van der Waals surface area contributed by atoms with Crippen LogP contribution >= 0.6 is 24.0 Å². The first-order valence-electron chi connectivity index (χ1n) is 6.78. The van der Waals surface area contributed by atoms with Crippen molar-refractivity contribution in [1.29, 1.82) is 0 Å². The molecule has 2 rings (SSSR count). The molecule has 0 unspecified atom stereocenters. The summed E-state index contributed by atoms with van der Waals surface area (Å²) >= 11 is 6.84. The van der Waals surface area contributed by atoms with Gasteiger partial charge in [-0.1, -0.05) is 30.3 Å². The monoisotopic (exact) mass is 321 g/mol. The molecule has 0 aliphatic rings. The molecule has 0 fully saturated rings. The maximum absolute atomic E-state index is 5.51. The quantitative estimate of drug-likeness (QED) is 0.604. The molecule has 21 heavy (non-hydrogen) atoms. The van der Waals surface area contributed by atoms with Crippen LogP contribution in [0, 0.1) is 0 Å². The summed E-state index contributed by atoms with van der Waals surface area (Å²) in [5, 5.41) is 6.69. The second kappa shape index (κ2) is 8.69. The number of rotatable bonds is 7. The Morgan fingerprint density at radius 3 is 2.90 bits per heavy atom. The standard InChI is InChI=1S/C15H19N3OS2/c1-16-15(20)17-7-8-21-10-13-14(19-11-18-13)9-12-5-3-2-4-6-12/h2-6,11H,7-10H2,1H3,(H2,16,17,20). The molecule has 6 heteroatoms. The average Bonchev–Trinajstić information content (AvgIpc) is 2.95. The Morgan fingerprint density at radius 2 is 2.14 bits per heavy atom. The van der Waals surface area contributed by atoms with E-state index in [-0.39, 0.29) is 0 Å². The van der Waals surface area contributed by atoms with Crippen molar-refractivity contribution in [3.8, 4) is 0 Å². The predicted octanol–water partition coefficient (Wildman–Crippen LogP) is 2.59. The molecule has 1 aromatic heterocycles. The molecule has 0 amide bonds. The van der Waals surface area contributed by atoms with E-state index in [1.807, 2.05) is 37.0 Å². The molecule has 1 heterocycles. The number of oxazole rings is 1. The van der Waals surface area contributed by atoms with Crippen LogP contribution in [-0.2, 0) is 12.2 Å². The maximum atomic E-state index is 5.51. The molecule has 0 saturated heterocycles. The zero-order chi connectivity index (χ0) is 14.9. The van der Waals surface area contributed by atoms with Gasteiger partial charge in [-0.3, -0.25) is 0 Å². The Hall–Kier alpha value is -1.53. The summed E-state index contributed by atoms with van der Waals surface area (Å²) in [4.78, 5) is 4.32. The third-order valence-electron chi connectivity index (χ3n) is 2.93. The molecule has 0 bridgehead atoms. The molecule has 2 aromatic rings. The normalized spacial score (nSPS) is 10.3. The van der Waals surface area contributed by atoms with E-state index >= 15 is 0 Å². The van der Waals surface area contributed by atoms with E-state index < -0.39 is 0 Å². The van der Waals surface area contributed by atoms with E-state index in [1.54, 1.807) is 0 Å². The zero-order valence-electron chi connectivity index (χ0n) is 12.0. The van der Waals surface area contributed by atoms with E-state index in [0.717, 1.165) is 35.9 Å². The molecular weight excluding hydrogens is 302 g/mol. The Morgan fingerprint density at radius 1 is 1.33 bits per heavy atom. The number of nitrogens with one attached hydrogen (secondary N) is 2. The van der Waals surface area contributed by atoms with Gasteiger partial charge in [0, 0.05) is 31.5 Å². The number of hydrogen-bond acceptors (Lipinski definition) is 4. The topological polar surface area (TPSA) is 50.1 Å². The fraction of sp³-hybridized carbons (Fsp3) is 0.333. The van der Waals surface area contributed by atoms with Crippen molar-refractivity contribution in [2.24, 2.45) is 0 Å². The highest BCUT2D eigenvalue weighted by Crippen LogP contribution is 2.18. The minimum Gasteiger partial charge on any atom is -0.448 e. The van der Waals surface area contributed by atoms with Crippen molar-refractivity contribution in [1.82, 2.24) is 15.6 Å². The van der Waals surface area contributed by atoms with Crippen LogP contribution in [0.5, 0.6) is 0 Å². The summed E-state index contributed by atoms with van der Waals surface area (Å²) in [6.07, 6.45) is 2.32. The predicted molar refractivity (Wildman–Crippen MR) is 91.6 cm³/mol. The number of benzene rings is 1. The molecule has 0 atom stereocenters. The van der Waals surface area contributed by atoms with Gasteiger partial charge < -0.3 is 15.1 Å². The maximum Gasteiger partial charge on any atom is 0.181 e. The number of nitrogens with zero attached hydrogens (tertiary/aromatic N) is 1. The van der Waals surface area contributed by atoms with Gasteiger partial charge in [0.25, 0.3) is 0 Å². The molecule has 0 spiro atoms. The number of thioether (sulfide) groups is 1. The summed E-state index contributed by atoms with van der Waals surface area (Å²) in [6, 6.07) is 10.3. The van der Waals surface area contributed by atoms with Crippen LogP contribution < -0.4 is 10.6 Å². The van der Waals surface area contributed by atoms with Crippen molar-refractivity contribution < 1.29 is 4.42 Å². The molecule has 0 radical (unpaired) electrons. The minimum absolute atomic E-state index is 0.682. The lowest BCUT2D eigenvalue weighted by molar-refractivity contribution is 0.512. The summed E-state index contributed by atoms with van der Waals surface area (Å²) < 4.78 is 5.51. The number of aromatic nitrogens is 1. The Labute approximate surface area is 134 Å². The van der Waals surface area contributed by atoms with Crippen molar-refractivity contribution in [2.75, 3.05) is 19.3 Å². The molecule has 1 aromatic carbocycles. The first-order valence-corrected chi connectivity index (χ1v) is 8.34. The number of hydrogen-bond donors (Lipinski definition) is 2. The smallest absolute Gasteiger partial charge is 0.181 e. The van der Waals surface area contributed by atoms with Gasteiger partial charge >= 0.3 is 0 Å². The Bertz CT molecular complexity index is 557. The molecule has 4 nitrogen and oxygen atoms in total. The van der Waals surface area contributed by atoms with Crippen molar-refractivity contribution in [3.63, 3.8) is 0 Å². The summed E-state index contributed by atoms with van der Waals surface area (Å²) in [7, 11) is 1.81. The second-order valence-electron chi connectivity index (χ2n) is 4.44. The first kappa shape index (κ1) is 15.9. The van der Waals surface area contributed by atoms with Gasteiger partial charge in [0.15, 0.2) is 11.5 Å². The van der Waals surface area contributed by atoms with E-state index in [0.29, 0.717) is 5.11 Å². The highest BCUT2D eigenvalue weighted by Gasteiger charge is 2.09. The first-order chi connectivity index (χ1) is 10.3. The fourth-order valence-corrected chi connectivity index (χ4v) is 2.75.